The van der Waals surface area contributed by atoms with E-state index in [0.29, 0.717) is 11.6 Å². The molecule has 0 atom stereocenters. The molecule has 4 nitrogen and oxygen atoms in total. The van der Waals surface area contributed by atoms with Crippen LogP contribution < -0.4 is 4.74 Å². The molecule has 0 aliphatic carbocycles. The fraction of sp³-hybridized carbons (Fsp3) is 0.273. The maximum atomic E-state index is 12.0. The van der Waals surface area contributed by atoms with E-state index in [1.165, 1.54) is 0 Å². The van der Waals surface area contributed by atoms with E-state index < -0.39 is 5.97 Å². The molecule has 0 spiro atoms. The summed E-state index contributed by atoms with van der Waals surface area (Å²) in [6.45, 7) is 7.80. The Morgan fingerprint density at radius 1 is 1.19 bits per heavy atom. The lowest BCUT2D eigenvalue weighted by molar-refractivity contribution is -0.142. The second kappa shape index (κ2) is 9.25. The van der Waals surface area contributed by atoms with Gasteiger partial charge in [-0.3, -0.25) is 0 Å². The fourth-order valence-corrected chi connectivity index (χ4v) is 2.61. The Balaban J connectivity index is 2.26. The first-order chi connectivity index (χ1) is 12.8. The molecule has 0 amide bonds. The largest absolute Gasteiger partial charge is 0.489 e. The predicted octanol–water partition coefficient (Wildman–Crippen LogP) is 5.39. The summed E-state index contributed by atoms with van der Waals surface area (Å²) in [7, 11) is 0. The number of benzene rings is 2. The van der Waals surface area contributed by atoms with Gasteiger partial charge in [0.15, 0.2) is 0 Å². The first-order valence-electron chi connectivity index (χ1n) is 8.61. The minimum atomic E-state index is -0.619. The molecule has 0 fully saturated rings. The van der Waals surface area contributed by atoms with Crippen LogP contribution in [0.4, 0.5) is 0 Å². The molecule has 0 aromatic heterocycles. The van der Waals surface area contributed by atoms with Crippen molar-refractivity contribution < 1.29 is 14.3 Å². The SMILES string of the molecule is Cc1cc(C)c(COc2ccc(Cl)cc2)cc1C=C(C#N)C(=O)OC(C)C. The van der Waals surface area contributed by atoms with Gasteiger partial charge in [-0.25, -0.2) is 4.79 Å². The molecule has 0 saturated heterocycles. The fourth-order valence-electron chi connectivity index (χ4n) is 2.49. The van der Waals surface area contributed by atoms with Crippen molar-refractivity contribution in [1.82, 2.24) is 0 Å². The summed E-state index contributed by atoms with van der Waals surface area (Å²) in [4.78, 5) is 12.0. The van der Waals surface area contributed by atoms with Gasteiger partial charge in [-0.05, 0) is 86.4 Å². The van der Waals surface area contributed by atoms with Gasteiger partial charge in [0, 0.05) is 5.02 Å². The van der Waals surface area contributed by atoms with Crippen LogP contribution in [-0.2, 0) is 16.1 Å². The number of halogens is 1. The maximum Gasteiger partial charge on any atom is 0.349 e. The monoisotopic (exact) mass is 383 g/mol. The summed E-state index contributed by atoms with van der Waals surface area (Å²) in [6, 6.07) is 13.0. The lowest BCUT2D eigenvalue weighted by atomic mass is 9.98. The van der Waals surface area contributed by atoms with Crippen molar-refractivity contribution >= 4 is 23.6 Å². The summed E-state index contributed by atoms with van der Waals surface area (Å²) >= 11 is 5.89. The summed E-state index contributed by atoms with van der Waals surface area (Å²) in [5, 5.41) is 9.96. The van der Waals surface area contributed by atoms with E-state index in [-0.39, 0.29) is 11.7 Å². The molecule has 0 aliphatic rings. The van der Waals surface area contributed by atoms with Crippen LogP contribution in [0.2, 0.25) is 5.02 Å². The Morgan fingerprint density at radius 3 is 2.44 bits per heavy atom. The smallest absolute Gasteiger partial charge is 0.349 e. The van der Waals surface area contributed by atoms with Crippen LogP contribution >= 0.6 is 11.6 Å². The Morgan fingerprint density at radius 2 is 1.85 bits per heavy atom. The quantitative estimate of drug-likeness (QED) is 0.381. The number of carbonyl (C=O) groups excluding carboxylic acids is 1. The molecule has 0 saturated carbocycles. The Hall–Kier alpha value is -2.77. The molecule has 0 radical (unpaired) electrons. The van der Waals surface area contributed by atoms with Gasteiger partial charge in [0.2, 0.25) is 0 Å². The molecule has 0 bridgehead atoms. The minimum absolute atomic E-state index is 0.0276. The maximum absolute atomic E-state index is 12.0. The lowest BCUT2D eigenvalue weighted by Crippen LogP contribution is -2.12. The normalized spacial score (nSPS) is 11.2. The lowest BCUT2D eigenvalue weighted by Gasteiger charge is -2.12. The third-order valence-electron chi connectivity index (χ3n) is 3.92. The third kappa shape index (κ3) is 5.87. The summed E-state index contributed by atoms with van der Waals surface area (Å²) in [5.74, 6) is 0.0983. The average molecular weight is 384 g/mol. The second-order valence-electron chi connectivity index (χ2n) is 6.50. The van der Waals surface area contributed by atoms with E-state index in [2.05, 4.69) is 0 Å². The van der Waals surface area contributed by atoms with Gasteiger partial charge in [0.05, 0.1) is 6.10 Å². The number of hydrogen-bond acceptors (Lipinski definition) is 4. The van der Waals surface area contributed by atoms with E-state index >= 15 is 0 Å². The van der Waals surface area contributed by atoms with Crippen LogP contribution in [-0.4, -0.2) is 12.1 Å². The number of esters is 1. The van der Waals surface area contributed by atoms with Gasteiger partial charge in [0.25, 0.3) is 0 Å². The van der Waals surface area contributed by atoms with Gasteiger partial charge in [-0.15, -0.1) is 0 Å². The molecule has 0 unspecified atom stereocenters. The van der Waals surface area contributed by atoms with Gasteiger partial charge in [-0.1, -0.05) is 17.7 Å². The van der Waals surface area contributed by atoms with Crippen molar-refractivity contribution in [3.8, 4) is 11.8 Å². The molecule has 27 heavy (non-hydrogen) atoms. The molecule has 0 N–H and O–H groups in total. The van der Waals surface area contributed by atoms with Crippen LogP contribution in [0.5, 0.6) is 5.75 Å². The average Bonchev–Trinajstić information content (AvgIpc) is 2.61. The van der Waals surface area contributed by atoms with Crippen LogP contribution in [0, 0.1) is 25.2 Å². The highest BCUT2D eigenvalue weighted by atomic mass is 35.5. The zero-order valence-corrected chi connectivity index (χ0v) is 16.6. The number of carbonyl (C=O) groups is 1. The van der Waals surface area contributed by atoms with Crippen LogP contribution in [0.15, 0.2) is 42.0 Å². The zero-order chi connectivity index (χ0) is 20.0. The molecule has 2 aromatic carbocycles. The molecule has 0 aliphatic heterocycles. The van der Waals surface area contributed by atoms with Crippen molar-refractivity contribution in [2.24, 2.45) is 0 Å². The first kappa shape index (κ1) is 20.5. The van der Waals surface area contributed by atoms with E-state index in [4.69, 9.17) is 21.1 Å². The summed E-state index contributed by atoms with van der Waals surface area (Å²) in [6.07, 6.45) is 1.28. The van der Waals surface area contributed by atoms with Crippen molar-refractivity contribution in [3.63, 3.8) is 0 Å². The minimum Gasteiger partial charge on any atom is -0.489 e. The highest BCUT2D eigenvalue weighted by Gasteiger charge is 2.14. The van der Waals surface area contributed by atoms with Crippen molar-refractivity contribution in [2.75, 3.05) is 0 Å². The number of rotatable bonds is 6. The number of nitrogens with zero attached hydrogens (tertiary/aromatic N) is 1. The standard InChI is InChI=1S/C22H22ClNO3/c1-14(2)27-22(25)18(12-24)10-17-11-19(16(4)9-15(17)3)13-26-21-7-5-20(23)6-8-21/h5-11,14H,13H2,1-4H3. The molecular weight excluding hydrogens is 362 g/mol. The topological polar surface area (TPSA) is 59.3 Å². The number of nitriles is 1. The molecular formula is C22H22ClNO3. The number of ether oxygens (including phenoxy) is 2. The van der Waals surface area contributed by atoms with Gasteiger partial charge in [0.1, 0.15) is 24.0 Å². The van der Waals surface area contributed by atoms with E-state index in [1.807, 2.05) is 44.2 Å². The summed E-state index contributed by atoms with van der Waals surface area (Å²) < 4.78 is 10.9. The molecule has 5 heteroatoms. The second-order valence-corrected chi connectivity index (χ2v) is 6.94. The molecule has 140 valence electrons. The Bertz CT molecular complexity index is 893. The molecule has 0 heterocycles. The van der Waals surface area contributed by atoms with Crippen molar-refractivity contribution in [2.45, 2.75) is 40.4 Å². The summed E-state index contributed by atoms with van der Waals surface area (Å²) in [5.41, 5.74) is 3.76. The zero-order valence-electron chi connectivity index (χ0n) is 15.9. The van der Waals surface area contributed by atoms with Crippen molar-refractivity contribution in [1.29, 1.82) is 5.26 Å². The highest BCUT2D eigenvalue weighted by molar-refractivity contribution is 6.30. The van der Waals surface area contributed by atoms with Crippen LogP contribution in [0.3, 0.4) is 0 Å². The van der Waals surface area contributed by atoms with E-state index in [1.54, 1.807) is 32.1 Å². The van der Waals surface area contributed by atoms with Crippen LogP contribution in [0.25, 0.3) is 6.08 Å². The number of hydrogen-bond donors (Lipinski definition) is 0. The van der Waals surface area contributed by atoms with Crippen molar-refractivity contribution in [3.05, 3.63) is 69.2 Å². The van der Waals surface area contributed by atoms with Gasteiger partial charge >= 0.3 is 5.97 Å². The third-order valence-corrected chi connectivity index (χ3v) is 4.17. The molecule has 2 aromatic rings. The highest BCUT2D eigenvalue weighted by Crippen LogP contribution is 2.22. The first-order valence-corrected chi connectivity index (χ1v) is 8.99. The molecule has 2 rings (SSSR count). The van der Waals surface area contributed by atoms with Gasteiger partial charge in [-0.2, -0.15) is 5.26 Å². The predicted molar refractivity (Wildman–Crippen MR) is 107 cm³/mol. The Kier molecular flexibility index (Phi) is 7.04. The van der Waals surface area contributed by atoms with Crippen LogP contribution in [0.1, 0.15) is 36.1 Å². The Labute approximate surface area is 165 Å². The van der Waals surface area contributed by atoms with Gasteiger partial charge < -0.3 is 9.47 Å². The van der Waals surface area contributed by atoms with E-state index in [0.717, 1.165) is 28.0 Å². The van der Waals surface area contributed by atoms with E-state index in [9.17, 15) is 10.1 Å². The number of aryl methyl sites for hydroxylation is 2.